The topological polar surface area (TPSA) is 53.6 Å². The molecular weight excluding hydrogens is 409 g/mol. The van der Waals surface area contributed by atoms with Crippen LogP contribution in [0.3, 0.4) is 0 Å². The molecule has 1 saturated heterocycles. The second kappa shape index (κ2) is 8.92. The van der Waals surface area contributed by atoms with Crippen molar-refractivity contribution in [3.8, 4) is 5.75 Å². The van der Waals surface area contributed by atoms with Gasteiger partial charge >= 0.3 is 0 Å². The van der Waals surface area contributed by atoms with Crippen LogP contribution in [0.2, 0.25) is 10.0 Å². The van der Waals surface area contributed by atoms with E-state index in [0.717, 1.165) is 50.1 Å². The summed E-state index contributed by atoms with van der Waals surface area (Å²) in [6.45, 7) is 5.48. The van der Waals surface area contributed by atoms with Crippen LogP contribution in [0.5, 0.6) is 5.75 Å². The average Bonchev–Trinajstić information content (AvgIpc) is 2.85. The van der Waals surface area contributed by atoms with Gasteiger partial charge in [-0.3, -0.25) is 9.69 Å². The first kappa shape index (κ1) is 20.5. The van der Waals surface area contributed by atoms with Gasteiger partial charge in [0, 0.05) is 47.4 Å². The van der Waals surface area contributed by atoms with Gasteiger partial charge in [0.1, 0.15) is 11.9 Å². The van der Waals surface area contributed by atoms with Crippen molar-refractivity contribution in [1.82, 2.24) is 10.2 Å². The number of nitrogens with zero attached hydrogens (tertiary/aromatic N) is 1. The molecule has 1 aliphatic carbocycles. The van der Waals surface area contributed by atoms with E-state index in [0.29, 0.717) is 21.5 Å². The highest BCUT2D eigenvalue weighted by atomic mass is 35.5. The Morgan fingerprint density at radius 1 is 1.21 bits per heavy atom. The first-order chi connectivity index (χ1) is 14.0. The molecule has 1 amide bonds. The van der Waals surface area contributed by atoms with E-state index in [2.05, 4.69) is 15.5 Å². The second-order valence-corrected chi connectivity index (χ2v) is 8.46. The van der Waals surface area contributed by atoms with E-state index in [1.54, 1.807) is 0 Å². The number of halogens is 2. The Morgan fingerprint density at radius 3 is 2.90 bits per heavy atom. The number of fused-ring (bicyclic) bond motifs is 1. The molecule has 0 unspecified atom stereocenters. The van der Waals surface area contributed by atoms with Gasteiger partial charge in [-0.25, -0.2) is 0 Å². The lowest BCUT2D eigenvalue weighted by Gasteiger charge is -2.32. The Kier molecular flexibility index (Phi) is 6.30. The number of benzene rings is 2. The summed E-state index contributed by atoms with van der Waals surface area (Å²) in [5, 5.41) is 7.59. The summed E-state index contributed by atoms with van der Waals surface area (Å²) < 4.78 is 6.51. The van der Waals surface area contributed by atoms with E-state index < -0.39 is 0 Å². The zero-order valence-electron chi connectivity index (χ0n) is 16.4. The minimum atomic E-state index is -0.174. The normalized spacial score (nSPS) is 22.0. The van der Waals surface area contributed by atoms with Crippen molar-refractivity contribution in [2.24, 2.45) is 0 Å². The summed E-state index contributed by atoms with van der Waals surface area (Å²) in [5.41, 5.74) is 2.88. The highest BCUT2D eigenvalue weighted by Gasteiger charge is 2.39. The molecule has 0 radical (unpaired) electrons. The van der Waals surface area contributed by atoms with Crippen LogP contribution in [0.25, 0.3) is 0 Å². The monoisotopic (exact) mass is 433 g/mol. The Bertz CT molecular complexity index is 898. The zero-order valence-corrected chi connectivity index (χ0v) is 17.9. The molecule has 1 aliphatic heterocycles. The summed E-state index contributed by atoms with van der Waals surface area (Å²) in [6, 6.07) is 11.5. The van der Waals surface area contributed by atoms with E-state index in [1.807, 2.05) is 36.4 Å². The number of hydrogen-bond acceptors (Lipinski definition) is 4. The fraction of sp³-hybridized carbons (Fsp3) is 0.409. The van der Waals surface area contributed by atoms with Gasteiger partial charge in [-0.1, -0.05) is 29.3 Å². The van der Waals surface area contributed by atoms with Gasteiger partial charge in [0.15, 0.2) is 0 Å². The van der Waals surface area contributed by atoms with Gasteiger partial charge in [0.25, 0.3) is 0 Å². The van der Waals surface area contributed by atoms with Crippen LogP contribution in [0.4, 0.5) is 5.69 Å². The Hall–Kier alpha value is -1.79. The van der Waals surface area contributed by atoms with Gasteiger partial charge in [-0.05, 0) is 55.8 Å². The summed E-state index contributed by atoms with van der Waals surface area (Å²) >= 11 is 12.9. The number of amides is 1. The van der Waals surface area contributed by atoms with Crippen molar-refractivity contribution in [3.05, 3.63) is 57.6 Å². The lowest BCUT2D eigenvalue weighted by atomic mass is 10.1. The number of anilines is 1. The first-order valence-corrected chi connectivity index (χ1v) is 10.7. The maximum atomic E-state index is 11.4. The van der Waals surface area contributed by atoms with Crippen LogP contribution in [0.1, 0.15) is 30.6 Å². The molecule has 4 rings (SSSR count). The SMILES string of the molecule is CC(=O)Nc1cccc(O[C@H]2c3cc(Cl)cc(Cl)c3C[C@@H]2N2CCCNCC2)c1. The lowest BCUT2D eigenvalue weighted by Crippen LogP contribution is -2.42. The van der Waals surface area contributed by atoms with E-state index in [1.165, 1.54) is 6.92 Å². The van der Waals surface area contributed by atoms with Gasteiger partial charge in [0.2, 0.25) is 5.91 Å². The number of ether oxygens (including phenoxy) is 1. The summed E-state index contributed by atoms with van der Waals surface area (Å²) in [6.07, 6.45) is 1.76. The molecule has 0 aromatic heterocycles. The van der Waals surface area contributed by atoms with Crippen molar-refractivity contribution < 1.29 is 9.53 Å². The maximum absolute atomic E-state index is 11.4. The molecule has 2 aromatic carbocycles. The number of carbonyl (C=O) groups excluding carboxylic acids is 1. The highest BCUT2D eigenvalue weighted by Crippen LogP contribution is 2.43. The molecule has 2 N–H and O–H groups in total. The Morgan fingerprint density at radius 2 is 2.07 bits per heavy atom. The second-order valence-electron chi connectivity index (χ2n) is 7.61. The molecule has 1 fully saturated rings. The first-order valence-electron chi connectivity index (χ1n) is 9.98. The molecule has 0 bridgehead atoms. The maximum Gasteiger partial charge on any atom is 0.221 e. The third-order valence-corrected chi connectivity index (χ3v) is 6.08. The standard InChI is InChI=1S/C22H25Cl2N3O2/c1-14(28)26-16-4-2-5-17(12-16)29-22-19-10-15(23)11-20(24)18(19)13-21(22)27-8-3-6-25-7-9-27/h2,4-5,10-12,21-22,25H,3,6-9,13H2,1H3,(H,26,28)/t21-,22-/m0/s1. The lowest BCUT2D eigenvalue weighted by molar-refractivity contribution is -0.114. The predicted molar refractivity (Wildman–Crippen MR) is 117 cm³/mol. The number of rotatable bonds is 4. The Labute approximate surface area is 181 Å². The molecule has 5 nitrogen and oxygen atoms in total. The molecule has 2 aromatic rings. The number of carbonyl (C=O) groups is 1. The molecule has 2 aliphatic rings. The minimum absolute atomic E-state index is 0.109. The van der Waals surface area contributed by atoms with E-state index in [9.17, 15) is 4.79 Å². The summed E-state index contributed by atoms with van der Waals surface area (Å²) in [4.78, 5) is 13.9. The predicted octanol–water partition coefficient (Wildman–Crippen LogP) is 4.29. The van der Waals surface area contributed by atoms with Crippen molar-refractivity contribution in [1.29, 1.82) is 0 Å². The van der Waals surface area contributed by atoms with Gasteiger partial charge in [0.05, 0.1) is 6.04 Å². The van der Waals surface area contributed by atoms with E-state index in [4.69, 9.17) is 27.9 Å². The molecule has 2 atom stereocenters. The average molecular weight is 434 g/mol. The molecular formula is C22H25Cl2N3O2. The molecule has 0 saturated carbocycles. The molecule has 154 valence electrons. The minimum Gasteiger partial charge on any atom is -0.484 e. The van der Waals surface area contributed by atoms with Gasteiger partial charge in [-0.2, -0.15) is 0 Å². The van der Waals surface area contributed by atoms with Crippen LogP contribution in [-0.4, -0.2) is 43.0 Å². The molecule has 0 spiro atoms. The van der Waals surface area contributed by atoms with E-state index >= 15 is 0 Å². The number of nitrogens with one attached hydrogen (secondary N) is 2. The Balaban J connectivity index is 1.66. The van der Waals surface area contributed by atoms with Crippen LogP contribution >= 0.6 is 23.2 Å². The van der Waals surface area contributed by atoms with Gasteiger partial charge in [-0.15, -0.1) is 0 Å². The van der Waals surface area contributed by atoms with Gasteiger partial charge < -0.3 is 15.4 Å². The number of hydrogen-bond donors (Lipinski definition) is 2. The van der Waals surface area contributed by atoms with Crippen LogP contribution < -0.4 is 15.4 Å². The van der Waals surface area contributed by atoms with Crippen molar-refractivity contribution in [3.63, 3.8) is 0 Å². The quantitative estimate of drug-likeness (QED) is 0.754. The fourth-order valence-electron chi connectivity index (χ4n) is 4.27. The van der Waals surface area contributed by atoms with Crippen molar-refractivity contribution in [2.45, 2.75) is 31.9 Å². The van der Waals surface area contributed by atoms with E-state index in [-0.39, 0.29) is 18.1 Å². The highest BCUT2D eigenvalue weighted by molar-refractivity contribution is 6.35. The molecule has 29 heavy (non-hydrogen) atoms. The van der Waals surface area contributed by atoms with Crippen LogP contribution in [0.15, 0.2) is 36.4 Å². The summed E-state index contributed by atoms with van der Waals surface area (Å²) in [5.74, 6) is 0.602. The smallest absolute Gasteiger partial charge is 0.221 e. The van der Waals surface area contributed by atoms with Crippen LogP contribution in [0, 0.1) is 0 Å². The molecule has 7 heteroatoms. The van der Waals surface area contributed by atoms with Crippen molar-refractivity contribution >= 4 is 34.8 Å². The fourth-order valence-corrected chi connectivity index (χ4v) is 4.86. The zero-order chi connectivity index (χ0) is 20.4. The third kappa shape index (κ3) is 4.69. The third-order valence-electron chi connectivity index (χ3n) is 5.53. The van der Waals surface area contributed by atoms with Crippen molar-refractivity contribution in [2.75, 3.05) is 31.5 Å². The summed E-state index contributed by atoms with van der Waals surface area (Å²) in [7, 11) is 0. The van der Waals surface area contributed by atoms with Crippen LogP contribution in [-0.2, 0) is 11.2 Å². The largest absolute Gasteiger partial charge is 0.484 e. The molecule has 1 heterocycles.